The summed E-state index contributed by atoms with van der Waals surface area (Å²) in [5, 5.41) is 4.53. The number of hydrogen-bond acceptors (Lipinski definition) is 2. The summed E-state index contributed by atoms with van der Waals surface area (Å²) >= 11 is 6.30. The molecule has 2 heterocycles. The molecule has 2 saturated heterocycles. The largest absolute Gasteiger partial charge is 0.375 e. The summed E-state index contributed by atoms with van der Waals surface area (Å²) in [4.78, 5) is 0. The van der Waals surface area contributed by atoms with Crippen LogP contribution in [-0.2, 0) is 11.2 Å². The molecule has 3 rings (SSSR count). The Bertz CT molecular complexity index is 437. The number of likely N-dealkylation sites (N-methyl/N-ethyl adjacent to an activating group) is 1. The van der Waals surface area contributed by atoms with E-state index in [2.05, 4.69) is 24.4 Å². The summed E-state index contributed by atoms with van der Waals surface area (Å²) in [5.74, 6) is 0.648. The zero-order valence-corrected chi connectivity index (χ0v) is 12.2. The first kappa shape index (κ1) is 13.4. The Labute approximate surface area is 120 Å². The quantitative estimate of drug-likeness (QED) is 0.892. The van der Waals surface area contributed by atoms with E-state index in [1.165, 1.54) is 24.8 Å². The third-order valence-electron chi connectivity index (χ3n) is 4.53. The SMILES string of the molecule is CCNC(Cc1ccccc1Cl)C1CC2CCC1O2. The highest BCUT2D eigenvalue weighted by atomic mass is 35.5. The van der Waals surface area contributed by atoms with Gasteiger partial charge in [-0.05, 0) is 43.9 Å². The van der Waals surface area contributed by atoms with Crippen LogP contribution in [0.4, 0.5) is 0 Å². The highest BCUT2D eigenvalue weighted by molar-refractivity contribution is 6.31. The van der Waals surface area contributed by atoms with Gasteiger partial charge in [-0.3, -0.25) is 0 Å². The second-order valence-corrected chi connectivity index (χ2v) is 6.14. The van der Waals surface area contributed by atoms with Gasteiger partial charge in [0.2, 0.25) is 0 Å². The summed E-state index contributed by atoms with van der Waals surface area (Å²) in [5.41, 5.74) is 1.25. The Balaban J connectivity index is 1.73. The van der Waals surface area contributed by atoms with E-state index in [1.807, 2.05) is 12.1 Å². The van der Waals surface area contributed by atoms with Crippen LogP contribution in [-0.4, -0.2) is 24.8 Å². The molecule has 2 fully saturated rings. The number of rotatable bonds is 5. The second kappa shape index (κ2) is 5.82. The molecule has 0 aliphatic carbocycles. The average molecular weight is 280 g/mol. The summed E-state index contributed by atoms with van der Waals surface area (Å²) in [6.07, 6.45) is 5.70. The van der Waals surface area contributed by atoms with Crippen LogP contribution in [0.1, 0.15) is 31.7 Å². The van der Waals surface area contributed by atoms with Crippen LogP contribution >= 0.6 is 11.6 Å². The molecule has 2 aliphatic rings. The van der Waals surface area contributed by atoms with Crippen LogP contribution in [0.25, 0.3) is 0 Å². The molecular formula is C16H22ClNO. The van der Waals surface area contributed by atoms with Crippen LogP contribution in [0.5, 0.6) is 0 Å². The predicted molar refractivity (Wildman–Crippen MR) is 78.6 cm³/mol. The van der Waals surface area contributed by atoms with Crippen molar-refractivity contribution in [2.75, 3.05) is 6.54 Å². The van der Waals surface area contributed by atoms with Crippen molar-refractivity contribution in [3.8, 4) is 0 Å². The molecule has 4 unspecified atom stereocenters. The Morgan fingerprint density at radius 3 is 2.84 bits per heavy atom. The monoisotopic (exact) mass is 279 g/mol. The van der Waals surface area contributed by atoms with Gasteiger partial charge in [-0.15, -0.1) is 0 Å². The summed E-state index contributed by atoms with van der Waals surface area (Å²) < 4.78 is 6.01. The number of halogens is 1. The van der Waals surface area contributed by atoms with E-state index >= 15 is 0 Å². The van der Waals surface area contributed by atoms with E-state index in [9.17, 15) is 0 Å². The van der Waals surface area contributed by atoms with Crippen LogP contribution in [0.3, 0.4) is 0 Å². The van der Waals surface area contributed by atoms with Crippen molar-refractivity contribution in [2.24, 2.45) is 5.92 Å². The molecule has 2 nitrogen and oxygen atoms in total. The molecule has 104 valence electrons. The highest BCUT2D eigenvalue weighted by Crippen LogP contribution is 2.41. The maximum atomic E-state index is 6.30. The molecule has 0 aromatic heterocycles. The lowest BCUT2D eigenvalue weighted by atomic mass is 9.81. The van der Waals surface area contributed by atoms with E-state index in [4.69, 9.17) is 16.3 Å². The molecule has 1 N–H and O–H groups in total. The van der Waals surface area contributed by atoms with Crippen molar-refractivity contribution >= 4 is 11.6 Å². The van der Waals surface area contributed by atoms with Gasteiger partial charge in [0.1, 0.15) is 0 Å². The lowest BCUT2D eigenvalue weighted by molar-refractivity contribution is 0.0858. The Kier molecular flexibility index (Phi) is 4.11. The normalized spacial score (nSPS) is 30.7. The van der Waals surface area contributed by atoms with Gasteiger partial charge in [0.25, 0.3) is 0 Å². The topological polar surface area (TPSA) is 21.3 Å². The van der Waals surface area contributed by atoms with Crippen molar-refractivity contribution in [1.82, 2.24) is 5.32 Å². The maximum absolute atomic E-state index is 6.30. The first-order valence-corrected chi connectivity index (χ1v) is 7.78. The van der Waals surface area contributed by atoms with Crippen LogP contribution in [0.15, 0.2) is 24.3 Å². The number of nitrogens with one attached hydrogen (secondary N) is 1. The number of hydrogen-bond donors (Lipinski definition) is 1. The van der Waals surface area contributed by atoms with Gasteiger partial charge in [0.15, 0.2) is 0 Å². The standard InChI is InChI=1S/C16H22ClNO/c1-2-18-15(9-11-5-3-4-6-14(11)17)13-10-12-7-8-16(13)19-12/h3-6,12-13,15-16,18H,2,7-10H2,1H3. The fraction of sp³-hybridized carbons (Fsp3) is 0.625. The van der Waals surface area contributed by atoms with Gasteiger partial charge in [0, 0.05) is 17.0 Å². The molecule has 1 aromatic rings. The minimum atomic E-state index is 0.469. The summed E-state index contributed by atoms with van der Waals surface area (Å²) in [7, 11) is 0. The van der Waals surface area contributed by atoms with Crippen molar-refractivity contribution in [2.45, 2.75) is 50.9 Å². The molecule has 0 amide bonds. The van der Waals surface area contributed by atoms with Gasteiger partial charge < -0.3 is 10.1 Å². The van der Waals surface area contributed by atoms with Crippen LogP contribution in [0, 0.1) is 5.92 Å². The lowest BCUT2D eigenvalue weighted by Crippen LogP contribution is -2.42. The molecule has 0 radical (unpaired) electrons. The molecule has 4 atom stereocenters. The lowest BCUT2D eigenvalue weighted by Gasteiger charge is -2.29. The van der Waals surface area contributed by atoms with Gasteiger partial charge >= 0.3 is 0 Å². The van der Waals surface area contributed by atoms with Crippen LogP contribution < -0.4 is 5.32 Å². The molecule has 19 heavy (non-hydrogen) atoms. The maximum Gasteiger partial charge on any atom is 0.0623 e. The summed E-state index contributed by atoms with van der Waals surface area (Å²) in [6, 6.07) is 8.67. The molecule has 2 bridgehead atoms. The Morgan fingerprint density at radius 1 is 1.37 bits per heavy atom. The molecular weight excluding hydrogens is 258 g/mol. The van der Waals surface area contributed by atoms with E-state index in [1.54, 1.807) is 0 Å². The number of ether oxygens (including phenoxy) is 1. The van der Waals surface area contributed by atoms with E-state index in [-0.39, 0.29) is 0 Å². The molecule has 3 heteroatoms. The van der Waals surface area contributed by atoms with Crippen LogP contribution in [0.2, 0.25) is 5.02 Å². The van der Waals surface area contributed by atoms with E-state index < -0.39 is 0 Å². The number of fused-ring (bicyclic) bond motifs is 2. The van der Waals surface area contributed by atoms with Gasteiger partial charge in [-0.1, -0.05) is 36.7 Å². The zero-order valence-electron chi connectivity index (χ0n) is 11.4. The van der Waals surface area contributed by atoms with Crippen molar-refractivity contribution < 1.29 is 4.74 Å². The second-order valence-electron chi connectivity index (χ2n) is 5.73. The van der Waals surface area contributed by atoms with Gasteiger partial charge in [-0.25, -0.2) is 0 Å². The molecule has 0 spiro atoms. The molecule has 0 saturated carbocycles. The Morgan fingerprint density at radius 2 is 2.21 bits per heavy atom. The van der Waals surface area contributed by atoms with E-state index in [0.29, 0.717) is 24.2 Å². The predicted octanol–water partition coefficient (Wildman–Crippen LogP) is 3.43. The Hall–Kier alpha value is -0.570. The smallest absolute Gasteiger partial charge is 0.0623 e. The highest BCUT2D eigenvalue weighted by Gasteiger charge is 2.44. The summed E-state index contributed by atoms with van der Waals surface area (Å²) in [6.45, 7) is 3.18. The minimum absolute atomic E-state index is 0.469. The average Bonchev–Trinajstić information content (AvgIpc) is 3.03. The number of benzene rings is 1. The van der Waals surface area contributed by atoms with E-state index in [0.717, 1.165) is 18.0 Å². The third kappa shape index (κ3) is 2.81. The van der Waals surface area contributed by atoms with Crippen molar-refractivity contribution in [3.63, 3.8) is 0 Å². The van der Waals surface area contributed by atoms with Gasteiger partial charge in [0.05, 0.1) is 12.2 Å². The van der Waals surface area contributed by atoms with Gasteiger partial charge in [-0.2, -0.15) is 0 Å². The minimum Gasteiger partial charge on any atom is -0.375 e. The van der Waals surface area contributed by atoms with Crippen molar-refractivity contribution in [1.29, 1.82) is 0 Å². The third-order valence-corrected chi connectivity index (χ3v) is 4.90. The fourth-order valence-corrected chi connectivity index (χ4v) is 3.85. The molecule has 1 aromatic carbocycles. The first-order chi connectivity index (χ1) is 9.28. The molecule has 2 aliphatic heterocycles. The first-order valence-electron chi connectivity index (χ1n) is 7.40. The van der Waals surface area contributed by atoms with Crippen molar-refractivity contribution in [3.05, 3.63) is 34.9 Å². The zero-order chi connectivity index (χ0) is 13.2. The fourth-order valence-electron chi connectivity index (χ4n) is 3.64.